The molecule has 0 aliphatic rings. The van der Waals surface area contributed by atoms with Crippen molar-refractivity contribution in [3.63, 3.8) is 0 Å². The van der Waals surface area contributed by atoms with Crippen molar-refractivity contribution < 1.29 is 18.0 Å². The van der Waals surface area contributed by atoms with Gasteiger partial charge in [-0.15, -0.1) is 0 Å². The molecule has 0 N–H and O–H groups in total. The van der Waals surface area contributed by atoms with Gasteiger partial charge >= 0.3 is 6.18 Å². The molecule has 0 amide bonds. The number of hydrogen-bond acceptors (Lipinski definition) is 1. The molecule has 0 radical (unpaired) electrons. The zero-order valence-electron chi connectivity index (χ0n) is 9.35. The number of benzene rings is 1. The molecule has 1 nitrogen and oxygen atoms in total. The van der Waals surface area contributed by atoms with E-state index in [1.54, 1.807) is 20.8 Å². The van der Waals surface area contributed by atoms with Gasteiger partial charge in [-0.3, -0.25) is 0 Å². The second-order valence-electron chi connectivity index (χ2n) is 4.37. The number of rotatable bonds is 2. The molecule has 0 aromatic heterocycles. The van der Waals surface area contributed by atoms with Crippen LogP contribution in [0, 0.1) is 6.92 Å². The summed E-state index contributed by atoms with van der Waals surface area (Å²) in [7, 11) is 0. The topological polar surface area (TPSA) is 17.1 Å². The van der Waals surface area contributed by atoms with E-state index >= 15 is 0 Å². The van der Waals surface area contributed by atoms with Crippen LogP contribution in [0.25, 0.3) is 0 Å². The zero-order chi connectivity index (χ0) is 12.6. The van der Waals surface area contributed by atoms with Crippen molar-refractivity contribution in [3.8, 4) is 0 Å². The van der Waals surface area contributed by atoms with Gasteiger partial charge in [0, 0.05) is 5.41 Å². The molecule has 0 heterocycles. The van der Waals surface area contributed by atoms with Crippen molar-refractivity contribution in [2.75, 3.05) is 0 Å². The number of halogens is 3. The molecular formula is C12H13F3O. The van der Waals surface area contributed by atoms with Crippen LogP contribution >= 0.6 is 0 Å². The molecule has 1 aromatic rings. The van der Waals surface area contributed by atoms with Crippen LogP contribution in [-0.4, -0.2) is 6.29 Å². The fourth-order valence-corrected chi connectivity index (χ4v) is 1.63. The summed E-state index contributed by atoms with van der Waals surface area (Å²) >= 11 is 0. The fourth-order valence-electron chi connectivity index (χ4n) is 1.63. The molecule has 0 fully saturated rings. The van der Waals surface area contributed by atoms with Gasteiger partial charge < -0.3 is 4.79 Å². The largest absolute Gasteiger partial charge is 0.416 e. The minimum absolute atomic E-state index is 0.479. The summed E-state index contributed by atoms with van der Waals surface area (Å²) < 4.78 is 37.2. The molecule has 0 saturated carbocycles. The first-order chi connectivity index (χ1) is 7.18. The first-order valence-electron chi connectivity index (χ1n) is 4.83. The lowest BCUT2D eigenvalue weighted by molar-refractivity contribution is -0.137. The van der Waals surface area contributed by atoms with Gasteiger partial charge in [0.25, 0.3) is 0 Å². The monoisotopic (exact) mass is 230 g/mol. The lowest BCUT2D eigenvalue weighted by Crippen LogP contribution is -2.20. The van der Waals surface area contributed by atoms with Crippen LogP contribution in [-0.2, 0) is 16.4 Å². The van der Waals surface area contributed by atoms with Crippen LogP contribution in [0.4, 0.5) is 13.2 Å². The number of carbonyl (C=O) groups is 1. The van der Waals surface area contributed by atoms with E-state index < -0.39 is 17.2 Å². The second kappa shape index (κ2) is 3.92. The molecule has 88 valence electrons. The molecule has 0 bridgehead atoms. The molecule has 4 heteroatoms. The lowest BCUT2D eigenvalue weighted by Gasteiger charge is -2.21. The van der Waals surface area contributed by atoms with Crippen molar-refractivity contribution in [1.29, 1.82) is 0 Å². The lowest BCUT2D eigenvalue weighted by atomic mass is 9.83. The Morgan fingerprint density at radius 2 is 1.75 bits per heavy atom. The molecule has 0 aliphatic heterocycles. The molecule has 1 aromatic carbocycles. The van der Waals surface area contributed by atoms with Crippen LogP contribution < -0.4 is 0 Å². The molecule has 0 spiro atoms. The summed E-state index contributed by atoms with van der Waals surface area (Å²) in [5, 5.41) is 0. The third kappa shape index (κ3) is 2.43. The predicted octanol–water partition coefficient (Wildman–Crippen LogP) is 3.49. The number of aryl methyl sites for hydroxylation is 1. The minimum atomic E-state index is -4.34. The van der Waals surface area contributed by atoms with Crippen LogP contribution in [0.2, 0.25) is 0 Å². The van der Waals surface area contributed by atoms with Gasteiger partial charge in [-0.25, -0.2) is 0 Å². The number of alkyl halides is 3. The Kier molecular flexibility index (Phi) is 3.13. The van der Waals surface area contributed by atoms with E-state index in [2.05, 4.69) is 0 Å². The van der Waals surface area contributed by atoms with E-state index in [-0.39, 0.29) is 0 Å². The van der Waals surface area contributed by atoms with Gasteiger partial charge in [-0.1, -0.05) is 6.07 Å². The summed E-state index contributed by atoms with van der Waals surface area (Å²) in [6.45, 7) is 4.93. The smallest absolute Gasteiger partial charge is 0.302 e. The molecule has 0 saturated heterocycles. The summed E-state index contributed by atoms with van der Waals surface area (Å²) in [6.07, 6.45) is -3.60. The normalized spacial score (nSPS) is 12.6. The van der Waals surface area contributed by atoms with Crippen LogP contribution in [0.5, 0.6) is 0 Å². The number of aldehydes is 1. The first kappa shape index (κ1) is 12.7. The zero-order valence-corrected chi connectivity index (χ0v) is 9.35. The molecule has 0 aliphatic carbocycles. The van der Waals surface area contributed by atoms with Gasteiger partial charge in [0.05, 0.1) is 5.56 Å². The van der Waals surface area contributed by atoms with Crippen molar-refractivity contribution in [1.82, 2.24) is 0 Å². The van der Waals surface area contributed by atoms with E-state index in [0.29, 0.717) is 11.1 Å². The summed E-state index contributed by atoms with van der Waals surface area (Å²) in [4.78, 5) is 10.8. The Hall–Kier alpha value is -1.32. The highest BCUT2D eigenvalue weighted by Crippen LogP contribution is 2.33. The van der Waals surface area contributed by atoms with Crippen LogP contribution in [0.1, 0.15) is 30.5 Å². The highest BCUT2D eigenvalue weighted by atomic mass is 19.4. The summed E-state index contributed by atoms with van der Waals surface area (Å²) in [5.41, 5.74) is -0.341. The summed E-state index contributed by atoms with van der Waals surface area (Å²) in [5.74, 6) is 0. The average molecular weight is 230 g/mol. The number of carbonyl (C=O) groups excluding carboxylic acids is 1. The maximum atomic E-state index is 12.4. The van der Waals surface area contributed by atoms with Gasteiger partial charge in [-0.05, 0) is 44.0 Å². The van der Waals surface area contributed by atoms with Crippen molar-refractivity contribution in [2.45, 2.75) is 32.4 Å². The molecule has 1 rings (SSSR count). The van der Waals surface area contributed by atoms with Crippen molar-refractivity contribution in [3.05, 3.63) is 34.9 Å². The first-order valence-corrected chi connectivity index (χ1v) is 4.83. The van der Waals surface area contributed by atoms with E-state index in [9.17, 15) is 18.0 Å². The van der Waals surface area contributed by atoms with Gasteiger partial charge in [0.2, 0.25) is 0 Å². The third-order valence-electron chi connectivity index (χ3n) is 2.54. The Morgan fingerprint density at radius 3 is 2.12 bits per heavy atom. The maximum Gasteiger partial charge on any atom is 0.416 e. The van der Waals surface area contributed by atoms with E-state index in [4.69, 9.17) is 0 Å². The second-order valence-corrected chi connectivity index (χ2v) is 4.37. The average Bonchev–Trinajstić information content (AvgIpc) is 2.16. The molecule has 16 heavy (non-hydrogen) atoms. The van der Waals surface area contributed by atoms with Gasteiger partial charge in [-0.2, -0.15) is 13.2 Å². The van der Waals surface area contributed by atoms with Crippen LogP contribution in [0.15, 0.2) is 18.2 Å². The van der Waals surface area contributed by atoms with E-state index in [0.717, 1.165) is 18.4 Å². The Balaban J connectivity index is 3.25. The quantitative estimate of drug-likeness (QED) is 0.711. The minimum Gasteiger partial charge on any atom is -0.302 e. The Morgan fingerprint density at radius 1 is 1.19 bits per heavy atom. The van der Waals surface area contributed by atoms with Crippen LogP contribution in [0.3, 0.4) is 0 Å². The third-order valence-corrected chi connectivity index (χ3v) is 2.54. The SMILES string of the molecule is Cc1cc(C(F)(F)F)ccc1C(C)(C)C=O. The molecule has 0 atom stereocenters. The fraction of sp³-hybridized carbons (Fsp3) is 0.417. The highest BCUT2D eigenvalue weighted by molar-refractivity contribution is 5.68. The number of hydrogen-bond donors (Lipinski definition) is 0. The van der Waals surface area contributed by atoms with E-state index in [1.807, 2.05) is 0 Å². The summed E-state index contributed by atoms with van der Waals surface area (Å²) in [6, 6.07) is 3.45. The molecule has 0 unspecified atom stereocenters. The van der Waals surface area contributed by atoms with E-state index in [1.165, 1.54) is 6.07 Å². The Bertz CT molecular complexity index is 405. The van der Waals surface area contributed by atoms with Gasteiger partial charge in [0.1, 0.15) is 6.29 Å². The standard InChI is InChI=1S/C12H13F3O/c1-8-6-9(12(13,14)15)4-5-10(8)11(2,3)7-16/h4-7H,1-3H3. The van der Waals surface area contributed by atoms with Gasteiger partial charge in [0.15, 0.2) is 0 Å². The molecular weight excluding hydrogens is 217 g/mol. The van der Waals surface area contributed by atoms with Crippen molar-refractivity contribution >= 4 is 6.29 Å². The highest BCUT2D eigenvalue weighted by Gasteiger charge is 2.32. The Labute approximate surface area is 92.3 Å². The van der Waals surface area contributed by atoms with Crippen molar-refractivity contribution in [2.24, 2.45) is 0 Å². The predicted molar refractivity (Wildman–Crippen MR) is 55.3 cm³/mol. The maximum absolute atomic E-state index is 12.4.